The number of carbonyl (C=O) groups excluding carboxylic acids is 2. The fourth-order valence-electron chi connectivity index (χ4n) is 6.29. The number of benzene rings is 3. The van der Waals surface area contributed by atoms with Crippen molar-refractivity contribution in [3.63, 3.8) is 0 Å². The Morgan fingerprint density at radius 1 is 1.07 bits per heavy atom. The van der Waals surface area contributed by atoms with Crippen molar-refractivity contribution in [1.29, 1.82) is 0 Å². The van der Waals surface area contributed by atoms with E-state index < -0.39 is 46.1 Å². The number of non-ortho nitro benzene ring substituents is 1. The Balaban J connectivity index is 1.47. The topological polar surface area (TPSA) is 155 Å². The third-order valence-electron chi connectivity index (χ3n) is 8.19. The lowest BCUT2D eigenvalue weighted by molar-refractivity contribution is -0.384. The maximum atomic E-state index is 14.1. The standard InChI is InChI=1S/C31H28N4O7/c1-2-14-42-22-12-10-18(11-13-22)27-25-26(29(37)34(28(25)36)20-6-5-7-21(15-20)35(40)41)31(33-27,30(38)39)16-19-17-32-24-9-4-3-8-23(19)24/h3-13,15,17,25-27,32-33H,2,14,16H2,1H3,(H,38,39). The summed E-state index contributed by atoms with van der Waals surface area (Å²) in [6.07, 6.45) is 2.47. The number of fused-ring (bicyclic) bond motifs is 2. The van der Waals surface area contributed by atoms with Crippen LogP contribution in [0.2, 0.25) is 0 Å². The summed E-state index contributed by atoms with van der Waals surface area (Å²) in [6, 6.07) is 18.9. The molecule has 6 rings (SSSR count). The van der Waals surface area contributed by atoms with Gasteiger partial charge in [-0.15, -0.1) is 0 Å². The van der Waals surface area contributed by atoms with Crippen molar-refractivity contribution in [2.75, 3.05) is 11.5 Å². The number of nitrogens with one attached hydrogen (secondary N) is 2. The van der Waals surface area contributed by atoms with E-state index in [-0.39, 0.29) is 17.8 Å². The zero-order valence-corrected chi connectivity index (χ0v) is 22.7. The summed E-state index contributed by atoms with van der Waals surface area (Å²) < 4.78 is 5.69. The van der Waals surface area contributed by atoms with E-state index in [1.807, 2.05) is 31.2 Å². The number of nitro benzene ring substituents is 1. The minimum atomic E-state index is -1.85. The Bertz CT molecular complexity index is 1720. The molecule has 0 radical (unpaired) electrons. The molecule has 11 heteroatoms. The number of H-pyrrole nitrogens is 1. The third-order valence-corrected chi connectivity index (χ3v) is 8.19. The van der Waals surface area contributed by atoms with Gasteiger partial charge in [0.25, 0.3) is 5.69 Å². The molecule has 1 aromatic heterocycles. The predicted molar refractivity (Wildman–Crippen MR) is 153 cm³/mol. The molecule has 3 aromatic carbocycles. The minimum absolute atomic E-state index is 0.0297. The molecular formula is C31H28N4O7. The number of carboxylic acid groups (broad SMARTS) is 1. The lowest BCUT2D eigenvalue weighted by Crippen LogP contribution is -2.57. The Morgan fingerprint density at radius 2 is 1.83 bits per heavy atom. The first-order valence-electron chi connectivity index (χ1n) is 13.7. The van der Waals surface area contributed by atoms with Crippen molar-refractivity contribution in [2.45, 2.75) is 31.3 Å². The van der Waals surface area contributed by atoms with E-state index in [0.29, 0.717) is 23.5 Å². The van der Waals surface area contributed by atoms with Crippen molar-refractivity contribution in [2.24, 2.45) is 11.8 Å². The fraction of sp³-hybridized carbons (Fsp3) is 0.258. The predicted octanol–water partition coefficient (Wildman–Crippen LogP) is 4.38. The van der Waals surface area contributed by atoms with Crippen LogP contribution in [-0.2, 0) is 20.8 Å². The van der Waals surface area contributed by atoms with Crippen LogP contribution in [0.3, 0.4) is 0 Å². The average molecular weight is 569 g/mol. The molecule has 3 heterocycles. The highest BCUT2D eigenvalue weighted by Crippen LogP contribution is 2.51. The molecule has 3 N–H and O–H groups in total. The summed E-state index contributed by atoms with van der Waals surface area (Å²) in [6.45, 7) is 2.52. The van der Waals surface area contributed by atoms with Crippen LogP contribution in [0.4, 0.5) is 11.4 Å². The number of anilines is 1. The van der Waals surface area contributed by atoms with Gasteiger partial charge in [0.1, 0.15) is 11.3 Å². The van der Waals surface area contributed by atoms with Crippen LogP contribution in [0.25, 0.3) is 10.9 Å². The highest BCUT2D eigenvalue weighted by atomic mass is 16.6. The summed E-state index contributed by atoms with van der Waals surface area (Å²) in [5.74, 6) is -4.32. The first-order valence-corrected chi connectivity index (χ1v) is 13.7. The number of aromatic amines is 1. The summed E-state index contributed by atoms with van der Waals surface area (Å²) in [5, 5.41) is 26.3. The van der Waals surface area contributed by atoms with Crippen molar-refractivity contribution in [3.05, 3.63) is 100 Å². The molecule has 42 heavy (non-hydrogen) atoms. The molecule has 0 bridgehead atoms. The first-order chi connectivity index (χ1) is 20.2. The first kappa shape index (κ1) is 27.2. The highest BCUT2D eigenvalue weighted by molar-refractivity contribution is 6.24. The summed E-state index contributed by atoms with van der Waals surface area (Å²) >= 11 is 0. The van der Waals surface area contributed by atoms with Crippen molar-refractivity contribution < 1.29 is 29.2 Å². The molecule has 2 fully saturated rings. The van der Waals surface area contributed by atoms with Crippen LogP contribution in [0.1, 0.15) is 30.5 Å². The second-order valence-corrected chi connectivity index (χ2v) is 10.6. The van der Waals surface area contributed by atoms with E-state index in [1.165, 1.54) is 18.2 Å². The lowest BCUT2D eigenvalue weighted by atomic mass is 9.76. The number of hydrogen-bond donors (Lipinski definition) is 3. The number of ether oxygens (including phenoxy) is 1. The molecule has 4 atom stereocenters. The molecule has 214 valence electrons. The van der Waals surface area contributed by atoms with Gasteiger partial charge in [-0.1, -0.05) is 43.3 Å². The molecule has 0 saturated carbocycles. The smallest absolute Gasteiger partial charge is 0.325 e. The number of aliphatic carboxylic acids is 1. The zero-order valence-electron chi connectivity index (χ0n) is 22.7. The number of carbonyl (C=O) groups is 3. The van der Waals surface area contributed by atoms with Gasteiger partial charge in [0.2, 0.25) is 11.8 Å². The molecule has 0 spiro atoms. The normalized spacial score (nSPS) is 23.4. The van der Waals surface area contributed by atoms with E-state index in [0.717, 1.165) is 28.3 Å². The molecule has 2 aliphatic rings. The maximum absolute atomic E-state index is 14.1. The molecule has 0 aliphatic carbocycles. The molecule has 11 nitrogen and oxygen atoms in total. The number of aromatic nitrogens is 1. The Labute approximate surface area is 240 Å². The number of nitro groups is 1. The number of imide groups is 1. The summed E-state index contributed by atoms with van der Waals surface area (Å²) in [7, 11) is 0. The molecule has 2 saturated heterocycles. The Hall–Kier alpha value is -5.03. The van der Waals surface area contributed by atoms with Crippen molar-refractivity contribution in [3.8, 4) is 5.75 Å². The number of hydrogen-bond acceptors (Lipinski definition) is 7. The monoisotopic (exact) mass is 568 g/mol. The summed E-state index contributed by atoms with van der Waals surface area (Å²) in [5.41, 5.74) is 0.0109. The molecular weight excluding hydrogens is 540 g/mol. The Kier molecular flexibility index (Phi) is 6.74. The number of para-hydroxylation sites is 1. The highest BCUT2D eigenvalue weighted by Gasteiger charge is 2.68. The Morgan fingerprint density at radius 3 is 2.55 bits per heavy atom. The molecule has 2 aliphatic heterocycles. The molecule has 4 unspecified atom stereocenters. The van der Waals surface area contributed by atoms with Crippen LogP contribution >= 0.6 is 0 Å². The number of rotatable bonds is 9. The second kappa shape index (κ2) is 10.4. The van der Waals surface area contributed by atoms with E-state index in [4.69, 9.17) is 4.74 Å². The van der Waals surface area contributed by atoms with Gasteiger partial charge in [-0.2, -0.15) is 0 Å². The van der Waals surface area contributed by atoms with Crippen molar-refractivity contribution >= 4 is 40.1 Å². The van der Waals surface area contributed by atoms with Gasteiger partial charge >= 0.3 is 5.97 Å². The van der Waals surface area contributed by atoms with Crippen LogP contribution in [0, 0.1) is 22.0 Å². The number of amides is 2. The maximum Gasteiger partial charge on any atom is 0.325 e. The second-order valence-electron chi connectivity index (χ2n) is 10.6. The van der Waals surface area contributed by atoms with Gasteiger partial charge in [0, 0.05) is 41.7 Å². The fourth-order valence-corrected chi connectivity index (χ4v) is 6.29. The van der Waals surface area contributed by atoms with E-state index >= 15 is 0 Å². The minimum Gasteiger partial charge on any atom is -0.494 e. The van der Waals surface area contributed by atoms with Crippen molar-refractivity contribution in [1.82, 2.24) is 10.3 Å². The van der Waals surface area contributed by atoms with Crippen LogP contribution < -0.4 is 15.0 Å². The van der Waals surface area contributed by atoms with Crippen LogP contribution in [0.15, 0.2) is 79.0 Å². The quantitative estimate of drug-likeness (QED) is 0.153. The van der Waals surface area contributed by atoms with Gasteiger partial charge in [0.05, 0.1) is 29.1 Å². The molecule has 4 aromatic rings. The summed E-state index contributed by atoms with van der Waals surface area (Å²) in [4.78, 5) is 56.4. The van der Waals surface area contributed by atoms with Gasteiger partial charge < -0.3 is 14.8 Å². The van der Waals surface area contributed by atoms with Gasteiger partial charge in [0.15, 0.2) is 0 Å². The van der Waals surface area contributed by atoms with Gasteiger partial charge in [-0.05, 0) is 41.8 Å². The number of nitrogens with zero attached hydrogens (tertiary/aromatic N) is 2. The largest absolute Gasteiger partial charge is 0.494 e. The zero-order chi connectivity index (χ0) is 29.6. The lowest BCUT2D eigenvalue weighted by Gasteiger charge is -2.31. The van der Waals surface area contributed by atoms with Gasteiger partial charge in [-0.25, -0.2) is 4.90 Å². The van der Waals surface area contributed by atoms with E-state index in [2.05, 4.69) is 10.3 Å². The van der Waals surface area contributed by atoms with Crippen LogP contribution in [0.5, 0.6) is 5.75 Å². The van der Waals surface area contributed by atoms with E-state index in [9.17, 15) is 29.6 Å². The molecule has 2 amide bonds. The van der Waals surface area contributed by atoms with E-state index in [1.54, 1.807) is 30.5 Å². The SMILES string of the molecule is CCCOc1ccc(C2NC(Cc3c[nH]c4ccccc34)(C(=O)O)C3C(=O)N(c4cccc([N+](=O)[O-])c4)C(=O)C23)cc1. The average Bonchev–Trinajstić information content (AvgIpc) is 3.64. The number of carboxylic acids is 1. The third kappa shape index (κ3) is 4.29. The van der Waals surface area contributed by atoms with Crippen LogP contribution in [-0.4, -0.2) is 44.9 Å². The van der Waals surface area contributed by atoms with Gasteiger partial charge in [-0.3, -0.25) is 29.8 Å².